The zero-order valence-electron chi connectivity index (χ0n) is 6.57. The van der Waals surface area contributed by atoms with Gasteiger partial charge < -0.3 is 4.74 Å². The van der Waals surface area contributed by atoms with Crippen LogP contribution in [0.2, 0.25) is 0 Å². The van der Waals surface area contributed by atoms with Gasteiger partial charge in [-0.05, 0) is 6.92 Å². The maximum Gasteiger partial charge on any atom is 0.171 e. The lowest BCUT2D eigenvalue weighted by atomic mass is 10.4. The van der Waals surface area contributed by atoms with Crippen LogP contribution in [0.4, 0.5) is 0 Å². The molecule has 0 saturated carbocycles. The molecule has 0 saturated heterocycles. The summed E-state index contributed by atoms with van der Waals surface area (Å²) in [4.78, 5) is 10.5. The van der Waals surface area contributed by atoms with Gasteiger partial charge in [-0.15, -0.1) is 0 Å². The smallest absolute Gasteiger partial charge is 0.171 e. The van der Waals surface area contributed by atoms with Crippen molar-refractivity contribution in [3.8, 4) is 5.75 Å². The average Bonchev–Trinajstić information content (AvgIpc) is 2.45. The van der Waals surface area contributed by atoms with Gasteiger partial charge in [0.1, 0.15) is 5.69 Å². The summed E-state index contributed by atoms with van der Waals surface area (Å²) in [5.74, 6) is 0.529. The molecule has 0 radical (unpaired) electrons. The van der Waals surface area contributed by atoms with Gasteiger partial charge in [0, 0.05) is 6.54 Å². The highest BCUT2D eigenvalue weighted by atomic mass is 16.5. The molecule has 0 aromatic carbocycles. The fourth-order valence-corrected chi connectivity index (χ4v) is 0.906. The topological polar surface area (TPSA) is 44.1 Å². The van der Waals surface area contributed by atoms with Crippen molar-refractivity contribution in [2.75, 3.05) is 7.11 Å². The monoisotopic (exact) mass is 154 g/mol. The Morgan fingerprint density at radius 1 is 1.82 bits per heavy atom. The first-order valence-electron chi connectivity index (χ1n) is 3.38. The second-order valence-corrected chi connectivity index (χ2v) is 2.03. The van der Waals surface area contributed by atoms with Crippen LogP contribution in [0.25, 0.3) is 0 Å². The summed E-state index contributed by atoms with van der Waals surface area (Å²) in [5, 5.41) is 3.94. The maximum absolute atomic E-state index is 10.5. The highest BCUT2D eigenvalue weighted by molar-refractivity contribution is 5.76. The average molecular weight is 154 g/mol. The summed E-state index contributed by atoms with van der Waals surface area (Å²) in [6.07, 6.45) is 2.28. The summed E-state index contributed by atoms with van der Waals surface area (Å²) in [7, 11) is 1.52. The number of hydrogen-bond acceptors (Lipinski definition) is 3. The third-order valence-corrected chi connectivity index (χ3v) is 1.48. The Balaban J connectivity index is 3.08. The van der Waals surface area contributed by atoms with Crippen molar-refractivity contribution >= 4 is 6.29 Å². The summed E-state index contributed by atoms with van der Waals surface area (Å²) in [6.45, 7) is 2.59. The van der Waals surface area contributed by atoms with Crippen molar-refractivity contribution < 1.29 is 9.53 Å². The minimum absolute atomic E-state index is 0.495. The summed E-state index contributed by atoms with van der Waals surface area (Å²) >= 11 is 0. The first-order chi connectivity index (χ1) is 5.33. The summed E-state index contributed by atoms with van der Waals surface area (Å²) in [5.41, 5.74) is 0.495. The minimum Gasteiger partial charge on any atom is -0.493 e. The fraction of sp³-hybridized carbons (Fsp3) is 0.429. The van der Waals surface area contributed by atoms with E-state index in [0.29, 0.717) is 18.0 Å². The SMILES string of the molecule is CCn1ncc(OC)c1C=O. The molecule has 0 aliphatic heterocycles. The molecule has 0 aliphatic rings. The zero-order chi connectivity index (χ0) is 8.27. The summed E-state index contributed by atoms with van der Waals surface area (Å²) in [6, 6.07) is 0. The lowest BCUT2D eigenvalue weighted by molar-refractivity contribution is 0.111. The lowest BCUT2D eigenvalue weighted by Gasteiger charge is -1.98. The molecule has 0 atom stereocenters. The number of carbonyl (C=O) groups is 1. The molecule has 0 bridgehead atoms. The molecule has 0 unspecified atom stereocenters. The standard InChI is InChI=1S/C7H10N2O2/c1-3-9-6(5-10)7(11-2)4-8-9/h4-5H,3H2,1-2H3. The maximum atomic E-state index is 10.5. The Morgan fingerprint density at radius 3 is 3.00 bits per heavy atom. The number of nitrogens with zero attached hydrogens (tertiary/aromatic N) is 2. The van der Waals surface area contributed by atoms with Gasteiger partial charge in [-0.25, -0.2) is 0 Å². The molecule has 1 aromatic heterocycles. The van der Waals surface area contributed by atoms with Crippen molar-refractivity contribution in [2.24, 2.45) is 0 Å². The molecule has 0 fully saturated rings. The van der Waals surface area contributed by atoms with E-state index < -0.39 is 0 Å². The van der Waals surface area contributed by atoms with E-state index in [1.165, 1.54) is 13.3 Å². The Bertz CT molecular complexity index is 233. The van der Waals surface area contributed by atoms with Crippen LogP contribution in [0.1, 0.15) is 17.4 Å². The van der Waals surface area contributed by atoms with Crippen molar-refractivity contribution in [3.05, 3.63) is 11.9 Å². The van der Waals surface area contributed by atoms with E-state index in [1.807, 2.05) is 6.92 Å². The van der Waals surface area contributed by atoms with Crippen LogP contribution < -0.4 is 4.74 Å². The molecule has 1 rings (SSSR count). The van der Waals surface area contributed by atoms with Crippen LogP contribution in [0.5, 0.6) is 5.75 Å². The molecule has 0 aliphatic carbocycles. The molecular weight excluding hydrogens is 144 g/mol. The van der Waals surface area contributed by atoms with E-state index in [4.69, 9.17) is 4.74 Å². The van der Waals surface area contributed by atoms with Gasteiger partial charge in [-0.2, -0.15) is 5.10 Å². The quantitative estimate of drug-likeness (QED) is 0.602. The lowest BCUT2D eigenvalue weighted by Crippen LogP contribution is -2.01. The van der Waals surface area contributed by atoms with Crippen molar-refractivity contribution in [1.29, 1.82) is 0 Å². The first kappa shape index (κ1) is 7.78. The molecule has 1 aromatic rings. The van der Waals surface area contributed by atoms with Crippen LogP contribution in [0, 0.1) is 0 Å². The van der Waals surface area contributed by atoms with Gasteiger partial charge in [0.2, 0.25) is 0 Å². The Hall–Kier alpha value is -1.32. The normalized spacial score (nSPS) is 9.64. The van der Waals surface area contributed by atoms with E-state index in [-0.39, 0.29) is 0 Å². The Morgan fingerprint density at radius 2 is 2.55 bits per heavy atom. The minimum atomic E-state index is 0.495. The number of rotatable bonds is 3. The molecule has 0 N–H and O–H groups in total. The third-order valence-electron chi connectivity index (χ3n) is 1.48. The second-order valence-electron chi connectivity index (χ2n) is 2.03. The van der Waals surface area contributed by atoms with Gasteiger partial charge in [-0.1, -0.05) is 0 Å². The number of aryl methyl sites for hydroxylation is 1. The van der Waals surface area contributed by atoms with Gasteiger partial charge in [0.05, 0.1) is 13.3 Å². The highest BCUT2D eigenvalue weighted by Gasteiger charge is 2.07. The zero-order valence-corrected chi connectivity index (χ0v) is 6.57. The molecule has 0 amide bonds. The molecule has 1 heterocycles. The van der Waals surface area contributed by atoms with E-state index in [0.717, 1.165) is 6.29 Å². The van der Waals surface area contributed by atoms with Gasteiger partial charge in [-0.3, -0.25) is 9.48 Å². The van der Waals surface area contributed by atoms with Crippen LogP contribution >= 0.6 is 0 Å². The molecular formula is C7H10N2O2. The van der Waals surface area contributed by atoms with Gasteiger partial charge >= 0.3 is 0 Å². The predicted molar refractivity (Wildman–Crippen MR) is 39.8 cm³/mol. The molecule has 60 valence electrons. The van der Waals surface area contributed by atoms with E-state index in [1.54, 1.807) is 4.68 Å². The number of ether oxygens (including phenoxy) is 1. The Kier molecular flexibility index (Phi) is 2.25. The molecule has 0 spiro atoms. The molecule has 4 heteroatoms. The van der Waals surface area contributed by atoms with Gasteiger partial charge in [0.25, 0.3) is 0 Å². The van der Waals surface area contributed by atoms with Crippen LogP contribution in [-0.2, 0) is 6.54 Å². The predicted octanol–water partition coefficient (Wildman–Crippen LogP) is 0.724. The number of hydrogen-bond donors (Lipinski definition) is 0. The van der Waals surface area contributed by atoms with Crippen LogP contribution in [-0.4, -0.2) is 23.2 Å². The van der Waals surface area contributed by atoms with Crippen molar-refractivity contribution in [3.63, 3.8) is 0 Å². The fourth-order valence-electron chi connectivity index (χ4n) is 0.906. The number of carbonyl (C=O) groups excluding carboxylic acids is 1. The van der Waals surface area contributed by atoms with Crippen molar-refractivity contribution in [2.45, 2.75) is 13.5 Å². The van der Waals surface area contributed by atoms with E-state index in [9.17, 15) is 4.79 Å². The van der Waals surface area contributed by atoms with Crippen LogP contribution in [0.3, 0.4) is 0 Å². The largest absolute Gasteiger partial charge is 0.493 e. The van der Waals surface area contributed by atoms with E-state index in [2.05, 4.69) is 5.10 Å². The number of methoxy groups -OCH3 is 1. The van der Waals surface area contributed by atoms with Gasteiger partial charge in [0.15, 0.2) is 12.0 Å². The molecule has 4 nitrogen and oxygen atoms in total. The number of aldehydes is 1. The summed E-state index contributed by atoms with van der Waals surface area (Å²) < 4.78 is 6.49. The highest BCUT2D eigenvalue weighted by Crippen LogP contribution is 2.14. The van der Waals surface area contributed by atoms with Crippen molar-refractivity contribution in [1.82, 2.24) is 9.78 Å². The second kappa shape index (κ2) is 3.18. The molecule has 11 heavy (non-hydrogen) atoms. The Labute approximate surface area is 64.8 Å². The van der Waals surface area contributed by atoms with E-state index >= 15 is 0 Å². The third kappa shape index (κ3) is 1.24. The first-order valence-corrected chi connectivity index (χ1v) is 3.38. The number of aromatic nitrogens is 2. The van der Waals surface area contributed by atoms with Crippen LogP contribution in [0.15, 0.2) is 6.20 Å².